The predicted molar refractivity (Wildman–Crippen MR) is 75.2 cm³/mol. The lowest BCUT2D eigenvalue weighted by Gasteiger charge is -2.36. The van der Waals surface area contributed by atoms with E-state index in [2.05, 4.69) is 31.7 Å². The Hall–Kier alpha value is -0.380. The summed E-state index contributed by atoms with van der Waals surface area (Å²) in [6.45, 7) is 11.2. The third-order valence-corrected chi connectivity index (χ3v) is 4.99. The topological polar surface area (TPSA) is 29.3 Å². The van der Waals surface area contributed by atoms with Gasteiger partial charge in [-0.3, -0.25) is 4.90 Å². The van der Waals surface area contributed by atoms with E-state index in [0.717, 1.165) is 6.54 Å². The maximum absolute atomic E-state index is 5.70. The molecule has 0 aromatic carbocycles. The zero-order valence-electron chi connectivity index (χ0n) is 11.3. The second-order valence-corrected chi connectivity index (χ2v) is 7.28. The molecule has 17 heavy (non-hydrogen) atoms. The van der Waals surface area contributed by atoms with Crippen molar-refractivity contribution in [1.29, 1.82) is 0 Å². The van der Waals surface area contributed by atoms with Crippen LogP contribution in [-0.4, -0.2) is 18.0 Å². The Balaban J connectivity index is 1.95. The number of nitrogens with zero attached hydrogens (tertiary/aromatic N) is 1. The highest BCUT2D eigenvalue weighted by molar-refractivity contribution is 7.12. The molecule has 3 heteroatoms. The van der Waals surface area contributed by atoms with Crippen molar-refractivity contribution < 1.29 is 0 Å². The summed E-state index contributed by atoms with van der Waals surface area (Å²) in [6, 6.07) is 2.29. The summed E-state index contributed by atoms with van der Waals surface area (Å²) < 4.78 is 0. The molecule has 2 nitrogen and oxygen atoms in total. The first-order valence-electron chi connectivity index (χ1n) is 6.51. The molecule has 2 heterocycles. The number of hydrogen-bond acceptors (Lipinski definition) is 3. The molecule has 1 saturated heterocycles. The first kappa shape index (κ1) is 13.1. The van der Waals surface area contributed by atoms with E-state index in [1.54, 1.807) is 0 Å². The molecular weight excluding hydrogens is 228 g/mol. The molecule has 1 aliphatic heterocycles. The molecule has 0 spiro atoms. The predicted octanol–water partition coefficient (Wildman–Crippen LogP) is 3.14. The Morgan fingerprint density at radius 3 is 2.53 bits per heavy atom. The van der Waals surface area contributed by atoms with Gasteiger partial charge in [0.05, 0.1) is 0 Å². The number of thiophene rings is 1. The summed E-state index contributed by atoms with van der Waals surface area (Å²) in [5.74, 6) is 0. The first-order chi connectivity index (χ1) is 8.00. The molecule has 0 saturated carbocycles. The summed E-state index contributed by atoms with van der Waals surface area (Å²) in [6.07, 6.45) is 2.64. The van der Waals surface area contributed by atoms with Crippen LogP contribution in [0.3, 0.4) is 0 Å². The monoisotopic (exact) mass is 252 g/mol. The van der Waals surface area contributed by atoms with Crippen LogP contribution in [0, 0.1) is 12.3 Å². The first-order valence-corrected chi connectivity index (χ1v) is 7.32. The standard InChI is InChI=1S/C14H24N2S/c1-11-12(8-13(9-15)17-11)10-16-6-4-14(2,3)5-7-16/h8H,4-7,9-10,15H2,1-3H3. The maximum Gasteiger partial charge on any atom is 0.0274 e. The molecule has 1 aromatic heterocycles. The van der Waals surface area contributed by atoms with Crippen molar-refractivity contribution in [3.63, 3.8) is 0 Å². The van der Waals surface area contributed by atoms with Gasteiger partial charge in [-0.15, -0.1) is 11.3 Å². The molecule has 0 atom stereocenters. The molecule has 96 valence electrons. The van der Waals surface area contributed by atoms with Crippen LogP contribution in [0.25, 0.3) is 0 Å². The molecule has 0 radical (unpaired) electrons. The second kappa shape index (κ2) is 5.09. The van der Waals surface area contributed by atoms with Gasteiger partial charge in [-0.1, -0.05) is 13.8 Å². The van der Waals surface area contributed by atoms with Crippen LogP contribution >= 0.6 is 11.3 Å². The Kier molecular flexibility index (Phi) is 3.91. The van der Waals surface area contributed by atoms with E-state index >= 15 is 0 Å². The third kappa shape index (κ3) is 3.30. The van der Waals surface area contributed by atoms with Crippen molar-refractivity contribution in [2.75, 3.05) is 13.1 Å². The van der Waals surface area contributed by atoms with Crippen LogP contribution < -0.4 is 5.73 Å². The zero-order chi connectivity index (χ0) is 12.5. The molecule has 0 bridgehead atoms. The van der Waals surface area contributed by atoms with Gasteiger partial charge in [0.2, 0.25) is 0 Å². The van der Waals surface area contributed by atoms with Gasteiger partial charge in [-0.2, -0.15) is 0 Å². The van der Waals surface area contributed by atoms with Crippen molar-refractivity contribution >= 4 is 11.3 Å². The highest BCUT2D eigenvalue weighted by Gasteiger charge is 2.25. The minimum Gasteiger partial charge on any atom is -0.326 e. The average molecular weight is 252 g/mol. The van der Waals surface area contributed by atoms with Gasteiger partial charge in [0.25, 0.3) is 0 Å². The molecule has 1 aliphatic rings. The number of piperidine rings is 1. The van der Waals surface area contributed by atoms with Crippen LogP contribution in [0.4, 0.5) is 0 Å². The van der Waals surface area contributed by atoms with Crippen molar-refractivity contribution in [3.05, 3.63) is 21.4 Å². The smallest absolute Gasteiger partial charge is 0.0274 e. The van der Waals surface area contributed by atoms with Gasteiger partial charge in [0.15, 0.2) is 0 Å². The quantitative estimate of drug-likeness (QED) is 0.895. The third-order valence-electron chi connectivity index (χ3n) is 3.88. The van der Waals surface area contributed by atoms with E-state index in [1.807, 2.05) is 11.3 Å². The Labute approximate surface area is 109 Å². The fourth-order valence-corrected chi connectivity index (χ4v) is 3.33. The molecule has 1 aromatic rings. The fraction of sp³-hybridized carbons (Fsp3) is 0.714. The lowest BCUT2D eigenvalue weighted by molar-refractivity contribution is 0.127. The Morgan fingerprint density at radius 1 is 1.35 bits per heavy atom. The highest BCUT2D eigenvalue weighted by atomic mass is 32.1. The van der Waals surface area contributed by atoms with Gasteiger partial charge in [-0.25, -0.2) is 0 Å². The maximum atomic E-state index is 5.70. The van der Waals surface area contributed by atoms with Crippen LogP contribution in [0.5, 0.6) is 0 Å². The van der Waals surface area contributed by atoms with E-state index in [-0.39, 0.29) is 0 Å². The second-order valence-electron chi connectivity index (χ2n) is 5.94. The molecule has 0 amide bonds. The van der Waals surface area contributed by atoms with Gasteiger partial charge in [0, 0.05) is 22.8 Å². The minimum atomic E-state index is 0.544. The number of nitrogens with two attached hydrogens (primary N) is 1. The number of likely N-dealkylation sites (tertiary alicyclic amines) is 1. The van der Waals surface area contributed by atoms with Crippen LogP contribution in [-0.2, 0) is 13.1 Å². The van der Waals surface area contributed by atoms with Gasteiger partial charge >= 0.3 is 0 Å². The lowest BCUT2D eigenvalue weighted by atomic mass is 9.82. The van der Waals surface area contributed by atoms with E-state index < -0.39 is 0 Å². The van der Waals surface area contributed by atoms with Crippen LogP contribution in [0.15, 0.2) is 6.07 Å². The summed E-state index contributed by atoms with van der Waals surface area (Å²) in [7, 11) is 0. The molecule has 0 aliphatic carbocycles. The van der Waals surface area contributed by atoms with Crippen molar-refractivity contribution in [3.8, 4) is 0 Å². The van der Waals surface area contributed by atoms with Gasteiger partial charge in [0.1, 0.15) is 0 Å². The van der Waals surface area contributed by atoms with Gasteiger partial charge in [-0.05, 0) is 49.9 Å². The van der Waals surface area contributed by atoms with E-state index in [4.69, 9.17) is 5.73 Å². The SMILES string of the molecule is Cc1sc(CN)cc1CN1CCC(C)(C)CC1. The summed E-state index contributed by atoms with van der Waals surface area (Å²) >= 11 is 1.85. The molecular formula is C14H24N2S. The van der Waals surface area contributed by atoms with Crippen LogP contribution in [0.1, 0.15) is 42.0 Å². The number of aryl methyl sites for hydroxylation is 1. The number of hydrogen-bond donors (Lipinski definition) is 1. The molecule has 1 fully saturated rings. The van der Waals surface area contributed by atoms with Gasteiger partial charge < -0.3 is 5.73 Å². The van der Waals surface area contributed by atoms with E-state index in [1.165, 1.54) is 41.2 Å². The zero-order valence-corrected chi connectivity index (χ0v) is 12.1. The van der Waals surface area contributed by atoms with Crippen molar-refractivity contribution in [1.82, 2.24) is 4.90 Å². The molecule has 0 unspecified atom stereocenters. The summed E-state index contributed by atoms with van der Waals surface area (Å²) in [4.78, 5) is 5.34. The minimum absolute atomic E-state index is 0.544. The summed E-state index contributed by atoms with van der Waals surface area (Å²) in [5.41, 5.74) is 7.72. The summed E-state index contributed by atoms with van der Waals surface area (Å²) in [5, 5.41) is 0. The fourth-order valence-electron chi connectivity index (χ4n) is 2.40. The van der Waals surface area contributed by atoms with Crippen molar-refractivity contribution in [2.45, 2.75) is 46.7 Å². The average Bonchev–Trinajstić information content (AvgIpc) is 2.63. The Morgan fingerprint density at radius 2 is 2.00 bits per heavy atom. The van der Waals surface area contributed by atoms with E-state index in [0.29, 0.717) is 12.0 Å². The van der Waals surface area contributed by atoms with E-state index in [9.17, 15) is 0 Å². The molecule has 2 N–H and O–H groups in total. The Bertz CT molecular complexity index is 372. The molecule has 2 rings (SSSR count). The van der Waals surface area contributed by atoms with Crippen molar-refractivity contribution in [2.24, 2.45) is 11.1 Å². The van der Waals surface area contributed by atoms with Crippen LogP contribution in [0.2, 0.25) is 0 Å². The highest BCUT2D eigenvalue weighted by Crippen LogP contribution is 2.31. The number of rotatable bonds is 3. The lowest BCUT2D eigenvalue weighted by Crippen LogP contribution is -2.36. The largest absolute Gasteiger partial charge is 0.326 e. The normalized spacial score (nSPS) is 20.7.